The van der Waals surface area contributed by atoms with Gasteiger partial charge in [-0.25, -0.2) is 0 Å². The average molecular weight is 214 g/mol. The van der Waals surface area contributed by atoms with Gasteiger partial charge in [0, 0.05) is 0 Å². The van der Waals surface area contributed by atoms with Gasteiger partial charge in [0.25, 0.3) is 0 Å². The van der Waals surface area contributed by atoms with Crippen LogP contribution in [0.15, 0.2) is 48.5 Å². The Morgan fingerprint density at radius 3 is 2.60 bits per heavy atom. The molecule has 0 fully saturated rings. The normalized spacial score (nSPS) is 11.0. The van der Waals surface area contributed by atoms with E-state index in [1.54, 1.807) is 6.08 Å². The zero-order valence-corrected chi connectivity index (χ0v) is 8.95. The van der Waals surface area contributed by atoms with Crippen LogP contribution in [-0.4, -0.2) is 5.12 Å². The summed E-state index contributed by atoms with van der Waals surface area (Å²) in [6, 6.07) is 14.1. The number of thiol groups is 1. The van der Waals surface area contributed by atoms with Crippen LogP contribution < -0.4 is 0 Å². The Bertz CT molecular complexity index is 524. The van der Waals surface area contributed by atoms with Crippen LogP contribution in [0.4, 0.5) is 0 Å². The molecule has 0 amide bonds. The molecule has 2 heteroatoms. The molecule has 0 radical (unpaired) electrons. The summed E-state index contributed by atoms with van der Waals surface area (Å²) in [6.07, 6.45) is 3.25. The first kappa shape index (κ1) is 9.99. The van der Waals surface area contributed by atoms with Crippen molar-refractivity contribution in [2.45, 2.75) is 0 Å². The van der Waals surface area contributed by atoms with Crippen LogP contribution in [-0.2, 0) is 4.79 Å². The molecule has 2 aromatic rings. The van der Waals surface area contributed by atoms with Crippen molar-refractivity contribution in [2.75, 3.05) is 0 Å². The Kier molecular flexibility index (Phi) is 2.88. The molecule has 0 bridgehead atoms. The lowest BCUT2D eigenvalue weighted by molar-refractivity contribution is -0.106. The number of hydrogen-bond donors (Lipinski definition) is 1. The molecule has 0 spiro atoms. The van der Waals surface area contributed by atoms with Crippen molar-refractivity contribution in [3.8, 4) is 0 Å². The minimum atomic E-state index is -0.233. The number of benzene rings is 2. The van der Waals surface area contributed by atoms with Crippen LogP contribution in [0.3, 0.4) is 0 Å². The predicted octanol–water partition coefficient (Wildman–Crippen LogP) is 3.31. The first-order valence-corrected chi connectivity index (χ1v) is 5.11. The summed E-state index contributed by atoms with van der Waals surface area (Å²) in [5.41, 5.74) is 1.04. The lowest BCUT2D eigenvalue weighted by atomic mass is 10.0. The second-order valence-electron chi connectivity index (χ2n) is 3.24. The third-order valence-electron chi connectivity index (χ3n) is 2.23. The maximum atomic E-state index is 10.7. The van der Waals surface area contributed by atoms with Crippen LogP contribution in [0.25, 0.3) is 16.8 Å². The van der Waals surface area contributed by atoms with Crippen molar-refractivity contribution < 1.29 is 4.79 Å². The fourth-order valence-electron chi connectivity index (χ4n) is 1.56. The van der Waals surface area contributed by atoms with Gasteiger partial charge in [-0.3, -0.25) is 4.79 Å². The molecule has 1 nitrogen and oxygen atoms in total. The predicted molar refractivity (Wildman–Crippen MR) is 67.0 cm³/mol. The summed E-state index contributed by atoms with van der Waals surface area (Å²) in [7, 11) is 0. The zero-order valence-electron chi connectivity index (χ0n) is 8.05. The van der Waals surface area contributed by atoms with Crippen LogP contribution in [0.2, 0.25) is 0 Å². The molecule has 0 heterocycles. The van der Waals surface area contributed by atoms with E-state index in [0.29, 0.717) is 0 Å². The summed E-state index contributed by atoms with van der Waals surface area (Å²) in [6.45, 7) is 0. The van der Waals surface area contributed by atoms with Crippen LogP contribution in [0.1, 0.15) is 5.56 Å². The fourth-order valence-corrected chi connectivity index (χ4v) is 1.63. The minimum Gasteiger partial charge on any atom is -0.283 e. The maximum Gasteiger partial charge on any atom is 0.209 e. The molecular weight excluding hydrogens is 204 g/mol. The van der Waals surface area contributed by atoms with Crippen LogP contribution in [0.5, 0.6) is 0 Å². The molecule has 0 aliphatic rings. The van der Waals surface area contributed by atoms with E-state index in [9.17, 15) is 4.79 Å². The second kappa shape index (κ2) is 4.32. The van der Waals surface area contributed by atoms with Crippen molar-refractivity contribution in [3.05, 3.63) is 54.1 Å². The van der Waals surface area contributed by atoms with Gasteiger partial charge in [0.05, 0.1) is 0 Å². The SMILES string of the molecule is O=C(S)C=Cc1cccc2ccccc12. The third kappa shape index (κ3) is 2.28. The van der Waals surface area contributed by atoms with E-state index in [-0.39, 0.29) is 5.12 Å². The van der Waals surface area contributed by atoms with Crippen LogP contribution in [0, 0.1) is 0 Å². The molecule has 0 atom stereocenters. The summed E-state index contributed by atoms with van der Waals surface area (Å²) in [5, 5.41) is 2.08. The molecule has 2 aromatic carbocycles. The van der Waals surface area contributed by atoms with Gasteiger partial charge in [0.2, 0.25) is 5.12 Å². The van der Waals surface area contributed by atoms with E-state index in [2.05, 4.69) is 24.8 Å². The van der Waals surface area contributed by atoms with Gasteiger partial charge in [0.15, 0.2) is 0 Å². The standard InChI is InChI=1S/C13H10OS/c14-13(15)9-8-11-6-3-5-10-4-1-2-7-12(10)11/h1-9H,(H,14,15). The second-order valence-corrected chi connectivity index (χ2v) is 3.68. The van der Waals surface area contributed by atoms with E-state index in [4.69, 9.17) is 0 Å². The number of rotatable bonds is 2. The Labute approximate surface area is 93.8 Å². The van der Waals surface area contributed by atoms with E-state index >= 15 is 0 Å². The molecule has 0 aliphatic carbocycles. The average Bonchev–Trinajstić information content (AvgIpc) is 2.26. The number of carbonyl (C=O) groups is 1. The monoisotopic (exact) mass is 214 g/mol. The minimum absolute atomic E-state index is 0.233. The Morgan fingerprint density at radius 1 is 1.07 bits per heavy atom. The highest BCUT2D eigenvalue weighted by Crippen LogP contribution is 2.19. The van der Waals surface area contributed by atoms with E-state index < -0.39 is 0 Å². The number of hydrogen-bond acceptors (Lipinski definition) is 1. The molecule has 0 saturated carbocycles. The molecular formula is C13H10OS. The summed E-state index contributed by atoms with van der Waals surface area (Å²) < 4.78 is 0. The molecule has 74 valence electrons. The number of carbonyl (C=O) groups excluding carboxylic acids is 1. The molecule has 0 aromatic heterocycles. The highest BCUT2D eigenvalue weighted by Gasteiger charge is 1.96. The molecule has 15 heavy (non-hydrogen) atoms. The highest BCUT2D eigenvalue weighted by atomic mass is 32.1. The summed E-state index contributed by atoms with van der Waals surface area (Å²) in [4.78, 5) is 10.7. The van der Waals surface area contributed by atoms with E-state index in [1.807, 2.05) is 30.3 Å². The Balaban J connectivity index is 2.56. The fraction of sp³-hybridized carbons (Fsp3) is 0. The Hall–Kier alpha value is -1.54. The molecule has 2 rings (SSSR count). The van der Waals surface area contributed by atoms with Crippen molar-refractivity contribution in [1.29, 1.82) is 0 Å². The van der Waals surface area contributed by atoms with Crippen molar-refractivity contribution in [2.24, 2.45) is 0 Å². The quantitative estimate of drug-likeness (QED) is 0.599. The first-order chi connectivity index (χ1) is 7.27. The molecule has 0 saturated heterocycles. The van der Waals surface area contributed by atoms with Crippen molar-refractivity contribution >= 4 is 34.6 Å². The van der Waals surface area contributed by atoms with Gasteiger partial charge in [-0.2, -0.15) is 0 Å². The van der Waals surface area contributed by atoms with Gasteiger partial charge in [-0.05, 0) is 28.5 Å². The first-order valence-electron chi connectivity index (χ1n) is 4.66. The van der Waals surface area contributed by atoms with E-state index in [1.165, 1.54) is 11.5 Å². The number of fused-ring (bicyclic) bond motifs is 1. The largest absolute Gasteiger partial charge is 0.283 e. The summed E-state index contributed by atoms with van der Waals surface area (Å²) in [5.74, 6) is 0. The van der Waals surface area contributed by atoms with Crippen LogP contribution >= 0.6 is 12.6 Å². The smallest absolute Gasteiger partial charge is 0.209 e. The molecule has 0 N–H and O–H groups in total. The van der Waals surface area contributed by atoms with Gasteiger partial charge < -0.3 is 0 Å². The topological polar surface area (TPSA) is 17.1 Å². The van der Waals surface area contributed by atoms with Crippen molar-refractivity contribution in [3.63, 3.8) is 0 Å². The summed E-state index contributed by atoms with van der Waals surface area (Å²) >= 11 is 3.70. The van der Waals surface area contributed by atoms with Gasteiger partial charge in [-0.15, -0.1) is 12.6 Å². The Morgan fingerprint density at radius 2 is 1.80 bits per heavy atom. The van der Waals surface area contributed by atoms with Gasteiger partial charge in [-0.1, -0.05) is 42.5 Å². The van der Waals surface area contributed by atoms with Crippen molar-refractivity contribution in [1.82, 2.24) is 0 Å². The maximum absolute atomic E-state index is 10.7. The molecule has 0 unspecified atom stereocenters. The lowest BCUT2D eigenvalue weighted by Gasteiger charge is -2.00. The highest BCUT2D eigenvalue weighted by molar-refractivity contribution is 7.97. The lowest BCUT2D eigenvalue weighted by Crippen LogP contribution is -1.79. The van der Waals surface area contributed by atoms with Gasteiger partial charge >= 0.3 is 0 Å². The zero-order chi connectivity index (χ0) is 10.7. The molecule has 0 aliphatic heterocycles. The third-order valence-corrected chi connectivity index (χ3v) is 2.38. The van der Waals surface area contributed by atoms with Gasteiger partial charge in [0.1, 0.15) is 0 Å². The van der Waals surface area contributed by atoms with E-state index in [0.717, 1.165) is 10.9 Å².